The highest BCUT2D eigenvalue weighted by Crippen LogP contribution is 2.26. The Morgan fingerprint density at radius 3 is 2.73 bits per heavy atom. The third kappa shape index (κ3) is 3.56. The molecule has 26 heavy (non-hydrogen) atoms. The number of hydrogen-bond donors (Lipinski definition) is 3. The highest BCUT2D eigenvalue weighted by Gasteiger charge is 2.12. The van der Waals surface area contributed by atoms with Crippen LogP contribution in [0.15, 0.2) is 41.5 Å². The topological polar surface area (TPSA) is 99.8 Å². The second-order valence-corrected chi connectivity index (χ2v) is 6.23. The molecule has 3 heterocycles. The SMILES string of the molecule is CCNC(=O)c1ccc(Nc2cc(C(C)C)nc3cc[nH]c(=O)c23)nc1. The van der Waals surface area contributed by atoms with Crippen molar-refractivity contribution in [1.29, 1.82) is 0 Å². The van der Waals surface area contributed by atoms with Crippen molar-refractivity contribution in [2.75, 3.05) is 11.9 Å². The van der Waals surface area contributed by atoms with E-state index in [1.807, 2.05) is 26.8 Å². The number of fused-ring (bicyclic) bond motifs is 1. The van der Waals surface area contributed by atoms with Crippen LogP contribution in [0.3, 0.4) is 0 Å². The third-order valence-electron chi connectivity index (χ3n) is 3.97. The van der Waals surface area contributed by atoms with E-state index in [2.05, 4.69) is 25.6 Å². The van der Waals surface area contributed by atoms with Gasteiger partial charge in [0.25, 0.3) is 11.5 Å². The van der Waals surface area contributed by atoms with E-state index in [-0.39, 0.29) is 17.4 Å². The molecule has 0 bridgehead atoms. The lowest BCUT2D eigenvalue weighted by molar-refractivity contribution is 0.0955. The van der Waals surface area contributed by atoms with Crippen molar-refractivity contribution in [3.05, 3.63) is 58.3 Å². The van der Waals surface area contributed by atoms with Gasteiger partial charge in [-0.05, 0) is 37.1 Å². The number of amides is 1. The summed E-state index contributed by atoms with van der Waals surface area (Å²) in [5.74, 6) is 0.593. The number of H-pyrrole nitrogens is 1. The lowest BCUT2D eigenvalue weighted by Crippen LogP contribution is -2.22. The molecule has 3 N–H and O–H groups in total. The Labute approximate surface area is 150 Å². The van der Waals surface area contributed by atoms with Crippen LogP contribution in [0.1, 0.15) is 42.7 Å². The van der Waals surface area contributed by atoms with Crippen LogP contribution in [0.4, 0.5) is 11.5 Å². The normalized spacial score (nSPS) is 10.9. The summed E-state index contributed by atoms with van der Waals surface area (Å²) in [6.45, 7) is 6.51. The summed E-state index contributed by atoms with van der Waals surface area (Å²) >= 11 is 0. The van der Waals surface area contributed by atoms with Gasteiger partial charge in [-0.1, -0.05) is 13.8 Å². The Morgan fingerprint density at radius 2 is 2.08 bits per heavy atom. The summed E-state index contributed by atoms with van der Waals surface area (Å²) in [4.78, 5) is 35.6. The van der Waals surface area contributed by atoms with Gasteiger partial charge in [0.1, 0.15) is 5.82 Å². The number of carbonyl (C=O) groups excluding carboxylic acids is 1. The monoisotopic (exact) mass is 351 g/mol. The van der Waals surface area contributed by atoms with Crippen LogP contribution in [0.2, 0.25) is 0 Å². The molecular formula is C19H21N5O2. The molecular weight excluding hydrogens is 330 g/mol. The molecule has 7 heteroatoms. The maximum atomic E-state index is 12.3. The Bertz CT molecular complexity index is 993. The predicted molar refractivity (Wildman–Crippen MR) is 102 cm³/mol. The van der Waals surface area contributed by atoms with Crippen molar-refractivity contribution >= 4 is 28.3 Å². The van der Waals surface area contributed by atoms with Gasteiger partial charge < -0.3 is 15.6 Å². The molecule has 134 valence electrons. The van der Waals surface area contributed by atoms with E-state index in [1.165, 1.54) is 6.20 Å². The first kappa shape index (κ1) is 17.6. The van der Waals surface area contributed by atoms with Gasteiger partial charge in [0.15, 0.2) is 0 Å². The number of nitrogens with zero attached hydrogens (tertiary/aromatic N) is 2. The van der Waals surface area contributed by atoms with Gasteiger partial charge in [-0.25, -0.2) is 4.98 Å². The van der Waals surface area contributed by atoms with Crippen molar-refractivity contribution < 1.29 is 4.79 Å². The number of anilines is 2. The average Bonchev–Trinajstić information content (AvgIpc) is 2.62. The first-order valence-electron chi connectivity index (χ1n) is 8.53. The predicted octanol–water partition coefficient (Wildman–Crippen LogP) is 2.93. The van der Waals surface area contributed by atoms with Crippen LogP contribution >= 0.6 is 0 Å². The van der Waals surface area contributed by atoms with E-state index < -0.39 is 0 Å². The second-order valence-electron chi connectivity index (χ2n) is 6.23. The molecule has 0 radical (unpaired) electrons. The van der Waals surface area contributed by atoms with E-state index >= 15 is 0 Å². The van der Waals surface area contributed by atoms with E-state index in [0.717, 1.165) is 5.69 Å². The lowest BCUT2D eigenvalue weighted by atomic mass is 10.1. The smallest absolute Gasteiger partial charge is 0.259 e. The van der Waals surface area contributed by atoms with E-state index in [1.54, 1.807) is 24.4 Å². The summed E-state index contributed by atoms with van der Waals surface area (Å²) < 4.78 is 0. The van der Waals surface area contributed by atoms with Crippen molar-refractivity contribution in [3.8, 4) is 0 Å². The highest BCUT2D eigenvalue weighted by atomic mass is 16.1. The van der Waals surface area contributed by atoms with Crippen molar-refractivity contribution in [1.82, 2.24) is 20.3 Å². The first-order valence-corrected chi connectivity index (χ1v) is 8.53. The van der Waals surface area contributed by atoms with Crippen LogP contribution in [0.5, 0.6) is 0 Å². The Morgan fingerprint density at radius 1 is 1.27 bits per heavy atom. The van der Waals surface area contributed by atoms with Crippen molar-refractivity contribution in [3.63, 3.8) is 0 Å². The van der Waals surface area contributed by atoms with Gasteiger partial charge in [0, 0.05) is 24.6 Å². The zero-order chi connectivity index (χ0) is 18.7. The summed E-state index contributed by atoms with van der Waals surface area (Å²) in [5.41, 5.74) is 2.41. The Kier molecular flexibility index (Phi) is 4.97. The zero-order valence-corrected chi connectivity index (χ0v) is 15.0. The van der Waals surface area contributed by atoms with Crippen LogP contribution in [-0.2, 0) is 0 Å². The number of pyridine rings is 3. The maximum absolute atomic E-state index is 12.3. The maximum Gasteiger partial charge on any atom is 0.259 e. The average molecular weight is 351 g/mol. The van der Waals surface area contributed by atoms with Crippen molar-refractivity contribution in [2.45, 2.75) is 26.7 Å². The molecule has 0 aromatic carbocycles. The van der Waals surface area contributed by atoms with Crippen LogP contribution in [-0.4, -0.2) is 27.4 Å². The summed E-state index contributed by atoms with van der Waals surface area (Å²) in [6, 6.07) is 7.04. The number of carbonyl (C=O) groups is 1. The fourth-order valence-corrected chi connectivity index (χ4v) is 2.61. The molecule has 3 aromatic heterocycles. The number of rotatable bonds is 5. The summed E-state index contributed by atoms with van der Waals surface area (Å²) in [5, 5.41) is 6.39. The number of aromatic nitrogens is 3. The number of hydrogen-bond acceptors (Lipinski definition) is 5. The van der Waals surface area contributed by atoms with Crippen molar-refractivity contribution in [2.24, 2.45) is 0 Å². The molecule has 0 aliphatic carbocycles. The molecule has 0 fully saturated rings. The largest absolute Gasteiger partial charge is 0.352 e. The van der Waals surface area contributed by atoms with Crippen LogP contribution in [0.25, 0.3) is 10.9 Å². The van der Waals surface area contributed by atoms with Gasteiger partial charge in [0.2, 0.25) is 0 Å². The first-order chi connectivity index (χ1) is 12.5. The summed E-state index contributed by atoms with van der Waals surface area (Å²) in [6.07, 6.45) is 3.09. The van der Waals surface area contributed by atoms with Gasteiger partial charge in [-0.15, -0.1) is 0 Å². The second kappa shape index (κ2) is 7.35. The molecule has 0 saturated carbocycles. The van der Waals surface area contributed by atoms with Gasteiger partial charge in [-0.3, -0.25) is 14.6 Å². The minimum absolute atomic E-state index is 0.167. The minimum atomic E-state index is -0.216. The third-order valence-corrected chi connectivity index (χ3v) is 3.97. The molecule has 0 saturated heterocycles. The molecule has 0 atom stereocenters. The Balaban J connectivity index is 2.00. The van der Waals surface area contributed by atoms with E-state index in [0.29, 0.717) is 34.5 Å². The molecule has 0 unspecified atom stereocenters. The minimum Gasteiger partial charge on any atom is -0.352 e. The summed E-state index contributed by atoms with van der Waals surface area (Å²) in [7, 11) is 0. The van der Waals surface area contributed by atoms with Gasteiger partial charge >= 0.3 is 0 Å². The quantitative estimate of drug-likeness (QED) is 0.656. The zero-order valence-electron chi connectivity index (χ0n) is 15.0. The highest BCUT2D eigenvalue weighted by molar-refractivity contribution is 5.94. The molecule has 3 aromatic rings. The lowest BCUT2D eigenvalue weighted by Gasteiger charge is -2.13. The standard InChI is InChI=1S/C19H21N5O2/c1-4-20-18(25)12-5-6-16(22-10-12)24-15-9-14(11(2)3)23-13-7-8-21-19(26)17(13)15/h5-11H,4H2,1-3H3,(H,20,25)(H,21,26)(H,22,23,24). The van der Waals surface area contributed by atoms with Gasteiger partial charge in [-0.2, -0.15) is 0 Å². The molecule has 3 rings (SSSR count). The van der Waals surface area contributed by atoms with Gasteiger partial charge in [0.05, 0.1) is 22.2 Å². The molecule has 1 amide bonds. The van der Waals surface area contributed by atoms with E-state index in [9.17, 15) is 9.59 Å². The molecule has 0 aliphatic heterocycles. The Hall–Kier alpha value is -3.22. The molecule has 0 spiro atoms. The fraction of sp³-hybridized carbons (Fsp3) is 0.263. The molecule has 7 nitrogen and oxygen atoms in total. The van der Waals surface area contributed by atoms with E-state index in [4.69, 9.17) is 0 Å². The number of aromatic amines is 1. The number of nitrogens with one attached hydrogen (secondary N) is 3. The fourth-order valence-electron chi connectivity index (χ4n) is 2.61. The van der Waals surface area contributed by atoms with Crippen LogP contribution < -0.4 is 16.2 Å². The van der Waals surface area contributed by atoms with Crippen LogP contribution in [0, 0.1) is 0 Å². The molecule has 0 aliphatic rings.